The third kappa shape index (κ3) is 4.38. The molecule has 4 rings (SSSR count). The van der Waals surface area contributed by atoms with E-state index in [0.717, 1.165) is 0 Å². The second-order valence-electron chi connectivity index (χ2n) is 8.02. The van der Waals surface area contributed by atoms with Gasteiger partial charge in [0.05, 0.1) is 44.6 Å². The highest BCUT2D eigenvalue weighted by atomic mass is 19.3. The number of halogens is 2. The Bertz CT molecular complexity index is 922. The van der Waals surface area contributed by atoms with Crippen LogP contribution in [-0.4, -0.2) is 71.0 Å². The van der Waals surface area contributed by atoms with Gasteiger partial charge in [-0.05, 0) is 26.8 Å². The number of anilines is 3. The van der Waals surface area contributed by atoms with E-state index in [1.54, 1.807) is 0 Å². The van der Waals surface area contributed by atoms with Crippen molar-refractivity contribution in [3.05, 3.63) is 17.8 Å². The van der Waals surface area contributed by atoms with Crippen LogP contribution in [0.15, 0.2) is 12.3 Å². The summed E-state index contributed by atoms with van der Waals surface area (Å²) in [5, 5.41) is 0. The third-order valence-corrected chi connectivity index (χ3v) is 5.57. The lowest BCUT2D eigenvalue weighted by Gasteiger charge is -2.39. The number of aromatic nitrogens is 4. The average molecular weight is 435 g/mol. The molecular formula is C20H27F2N7O2. The summed E-state index contributed by atoms with van der Waals surface area (Å²) >= 11 is 0. The second-order valence-corrected chi connectivity index (χ2v) is 8.02. The van der Waals surface area contributed by atoms with Crippen molar-refractivity contribution in [1.29, 1.82) is 0 Å². The SMILES string of the molecule is C[C@@H]1COCCN1c1nc(-c2cnc(N)cc2C(F)F)nc(N2[C@@H](C)COC[C@@H]2C)n1. The zero-order valence-electron chi connectivity index (χ0n) is 17.8. The second kappa shape index (κ2) is 8.83. The summed E-state index contributed by atoms with van der Waals surface area (Å²) < 4.78 is 38.7. The van der Waals surface area contributed by atoms with Gasteiger partial charge in [-0.1, -0.05) is 0 Å². The van der Waals surface area contributed by atoms with E-state index in [1.165, 1.54) is 12.3 Å². The van der Waals surface area contributed by atoms with Crippen molar-refractivity contribution in [3.8, 4) is 11.4 Å². The van der Waals surface area contributed by atoms with Crippen LogP contribution >= 0.6 is 0 Å². The molecule has 0 amide bonds. The van der Waals surface area contributed by atoms with Crippen LogP contribution in [0.3, 0.4) is 0 Å². The Morgan fingerprint density at radius 1 is 1.00 bits per heavy atom. The fraction of sp³-hybridized carbons (Fsp3) is 0.600. The highest BCUT2D eigenvalue weighted by molar-refractivity contribution is 5.64. The normalized spacial score (nSPS) is 24.6. The Hall–Kier alpha value is -2.66. The third-order valence-electron chi connectivity index (χ3n) is 5.57. The van der Waals surface area contributed by atoms with Crippen LogP contribution in [0.25, 0.3) is 11.4 Å². The maximum Gasteiger partial charge on any atom is 0.264 e. The van der Waals surface area contributed by atoms with E-state index in [4.69, 9.17) is 20.2 Å². The molecule has 2 aromatic heterocycles. The summed E-state index contributed by atoms with van der Waals surface area (Å²) in [7, 11) is 0. The Balaban J connectivity index is 1.86. The molecule has 0 saturated carbocycles. The summed E-state index contributed by atoms with van der Waals surface area (Å²) in [5.74, 6) is 1.02. The van der Waals surface area contributed by atoms with Gasteiger partial charge in [-0.25, -0.2) is 13.8 Å². The van der Waals surface area contributed by atoms with Crippen molar-refractivity contribution in [3.63, 3.8) is 0 Å². The zero-order chi connectivity index (χ0) is 22.1. The lowest BCUT2D eigenvalue weighted by Crippen LogP contribution is -2.51. The lowest BCUT2D eigenvalue weighted by molar-refractivity contribution is 0.0746. The van der Waals surface area contributed by atoms with Crippen LogP contribution in [0.1, 0.15) is 32.8 Å². The van der Waals surface area contributed by atoms with Crippen molar-refractivity contribution < 1.29 is 18.3 Å². The molecule has 0 radical (unpaired) electrons. The number of nitrogen functional groups attached to an aromatic ring is 1. The van der Waals surface area contributed by atoms with Gasteiger partial charge in [0, 0.05) is 23.9 Å². The highest BCUT2D eigenvalue weighted by Crippen LogP contribution is 2.32. The van der Waals surface area contributed by atoms with Crippen molar-refractivity contribution in [2.24, 2.45) is 0 Å². The fourth-order valence-corrected chi connectivity index (χ4v) is 4.00. The molecule has 0 unspecified atom stereocenters. The molecule has 2 aliphatic rings. The number of nitrogens with two attached hydrogens (primary N) is 1. The zero-order valence-corrected chi connectivity index (χ0v) is 17.8. The van der Waals surface area contributed by atoms with Crippen LogP contribution in [0.4, 0.5) is 26.5 Å². The Kier molecular flexibility index (Phi) is 6.15. The summed E-state index contributed by atoms with van der Waals surface area (Å²) in [6, 6.07) is 1.25. The maximum atomic E-state index is 13.8. The summed E-state index contributed by atoms with van der Waals surface area (Å²) in [5.41, 5.74) is 5.54. The number of pyridine rings is 1. The minimum absolute atomic E-state index is 0.0192. The van der Waals surface area contributed by atoms with Gasteiger partial charge in [0.2, 0.25) is 11.9 Å². The van der Waals surface area contributed by atoms with Crippen LogP contribution in [0.2, 0.25) is 0 Å². The minimum Gasteiger partial charge on any atom is -0.384 e. The van der Waals surface area contributed by atoms with Crippen molar-refractivity contribution in [2.75, 3.05) is 48.5 Å². The summed E-state index contributed by atoms with van der Waals surface area (Å²) in [4.78, 5) is 22.0. The van der Waals surface area contributed by atoms with E-state index in [1.807, 2.05) is 25.7 Å². The van der Waals surface area contributed by atoms with E-state index in [2.05, 4.69) is 19.9 Å². The van der Waals surface area contributed by atoms with E-state index in [0.29, 0.717) is 44.9 Å². The van der Waals surface area contributed by atoms with Gasteiger partial charge in [0.1, 0.15) is 5.82 Å². The smallest absolute Gasteiger partial charge is 0.264 e. The molecule has 2 fully saturated rings. The van der Waals surface area contributed by atoms with Gasteiger partial charge < -0.3 is 25.0 Å². The van der Waals surface area contributed by atoms with Gasteiger partial charge in [0.25, 0.3) is 6.43 Å². The minimum atomic E-state index is -2.74. The molecule has 0 spiro atoms. The van der Waals surface area contributed by atoms with E-state index in [-0.39, 0.29) is 40.9 Å². The molecular weight excluding hydrogens is 408 g/mol. The van der Waals surface area contributed by atoms with Crippen LogP contribution in [-0.2, 0) is 9.47 Å². The Labute approximate surface area is 179 Å². The van der Waals surface area contributed by atoms with Crippen LogP contribution in [0, 0.1) is 0 Å². The van der Waals surface area contributed by atoms with Gasteiger partial charge in [0.15, 0.2) is 5.82 Å². The predicted octanol–water partition coefficient (Wildman–Crippen LogP) is 2.29. The molecule has 2 aromatic rings. The molecule has 168 valence electrons. The van der Waals surface area contributed by atoms with Crippen molar-refractivity contribution in [2.45, 2.75) is 45.3 Å². The molecule has 31 heavy (non-hydrogen) atoms. The quantitative estimate of drug-likeness (QED) is 0.775. The highest BCUT2D eigenvalue weighted by Gasteiger charge is 2.31. The fourth-order valence-electron chi connectivity index (χ4n) is 4.00. The van der Waals surface area contributed by atoms with Gasteiger partial charge >= 0.3 is 0 Å². The number of ether oxygens (including phenoxy) is 2. The molecule has 3 atom stereocenters. The summed E-state index contributed by atoms with van der Waals surface area (Å²) in [6.07, 6.45) is -1.44. The average Bonchev–Trinajstić information content (AvgIpc) is 2.73. The molecule has 4 heterocycles. The van der Waals surface area contributed by atoms with E-state index < -0.39 is 6.43 Å². The number of morpholine rings is 2. The molecule has 0 aromatic carbocycles. The Morgan fingerprint density at radius 2 is 1.68 bits per heavy atom. The molecule has 0 aliphatic carbocycles. The lowest BCUT2D eigenvalue weighted by atomic mass is 10.1. The monoisotopic (exact) mass is 435 g/mol. The number of nitrogens with zero attached hydrogens (tertiary/aromatic N) is 6. The van der Waals surface area contributed by atoms with Crippen molar-refractivity contribution in [1.82, 2.24) is 19.9 Å². The topological polar surface area (TPSA) is 103 Å². The standard InChI is InChI=1S/C20H27F2N7O2/c1-11-8-30-5-4-28(11)19-25-18(15-7-24-16(23)6-14(15)17(21)22)26-20(27-19)29-12(2)9-31-10-13(29)3/h6-7,11-13,17H,4-5,8-10H2,1-3H3,(H2,23,24)/t11-,12+,13+/m1/s1. The molecule has 2 aliphatic heterocycles. The van der Waals surface area contributed by atoms with E-state index in [9.17, 15) is 8.78 Å². The first-order chi connectivity index (χ1) is 14.8. The first kappa shape index (κ1) is 21.6. The maximum absolute atomic E-state index is 13.8. The van der Waals surface area contributed by atoms with Gasteiger partial charge in [-0.15, -0.1) is 0 Å². The van der Waals surface area contributed by atoms with E-state index >= 15 is 0 Å². The number of hydrogen-bond acceptors (Lipinski definition) is 9. The molecule has 0 bridgehead atoms. The van der Waals surface area contributed by atoms with Crippen LogP contribution < -0.4 is 15.5 Å². The molecule has 2 N–H and O–H groups in total. The number of rotatable bonds is 4. The van der Waals surface area contributed by atoms with Gasteiger partial charge in [-0.3, -0.25) is 0 Å². The summed E-state index contributed by atoms with van der Waals surface area (Å²) in [6.45, 7) is 8.78. The van der Waals surface area contributed by atoms with Crippen molar-refractivity contribution >= 4 is 17.7 Å². The molecule has 2 saturated heterocycles. The molecule has 9 nitrogen and oxygen atoms in total. The first-order valence-electron chi connectivity index (χ1n) is 10.4. The predicted molar refractivity (Wildman–Crippen MR) is 112 cm³/mol. The largest absolute Gasteiger partial charge is 0.384 e. The number of hydrogen-bond donors (Lipinski definition) is 1. The molecule has 11 heteroatoms. The van der Waals surface area contributed by atoms with Gasteiger partial charge in [-0.2, -0.15) is 15.0 Å². The number of alkyl halides is 2. The first-order valence-corrected chi connectivity index (χ1v) is 10.4. The Morgan fingerprint density at radius 3 is 2.35 bits per heavy atom. The van der Waals surface area contributed by atoms with Crippen LogP contribution in [0.5, 0.6) is 0 Å².